The van der Waals surface area contributed by atoms with E-state index >= 15 is 0 Å². The Morgan fingerprint density at radius 3 is 2.47 bits per heavy atom. The fourth-order valence-electron chi connectivity index (χ4n) is 1.75. The normalized spacial score (nSPS) is 9.53. The SMILES string of the molecule is OCCc1ccccc1OCC#Cc1ccccc1. The first kappa shape index (κ1) is 13.2. The van der Waals surface area contributed by atoms with Crippen LogP contribution in [0, 0.1) is 11.8 Å². The summed E-state index contributed by atoms with van der Waals surface area (Å²) in [5.41, 5.74) is 1.99. The lowest BCUT2D eigenvalue weighted by molar-refractivity contribution is 0.295. The van der Waals surface area contributed by atoms with Gasteiger partial charge >= 0.3 is 0 Å². The van der Waals surface area contributed by atoms with Gasteiger partial charge in [-0.2, -0.15) is 0 Å². The summed E-state index contributed by atoms with van der Waals surface area (Å²) in [5.74, 6) is 6.82. The van der Waals surface area contributed by atoms with Gasteiger partial charge in [-0.3, -0.25) is 0 Å². The van der Waals surface area contributed by atoms with Crippen LogP contribution in [0.4, 0.5) is 0 Å². The maximum absolute atomic E-state index is 8.98. The van der Waals surface area contributed by atoms with Gasteiger partial charge in [0, 0.05) is 12.2 Å². The molecule has 0 aromatic heterocycles. The summed E-state index contributed by atoms with van der Waals surface area (Å²) in [6.07, 6.45) is 0.599. The molecule has 2 rings (SSSR count). The van der Waals surface area contributed by atoms with E-state index in [0.29, 0.717) is 13.0 Å². The molecule has 0 unspecified atom stereocenters. The van der Waals surface area contributed by atoms with E-state index in [4.69, 9.17) is 9.84 Å². The topological polar surface area (TPSA) is 29.5 Å². The Hall–Kier alpha value is -2.24. The Bertz CT molecular complexity index is 565. The smallest absolute Gasteiger partial charge is 0.149 e. The van der Waals surface area contributed by atoms with Gasteiger partial charge in [0.05, 0.1) is 0 Å². The highest BCUT2D eigenvalue weighted by molar-refractivity contribution is 5.35. The Kier molecular flexibility index (Phi) is 5.04. The zero-order valence-corrected chi connectivity index (χ0v) is 10.7. The van der Waals surface area contributed by atoms with Gasteiger partial charge in [0.25, 0.3) is 0 Å². The van der Waals surface area contributed by atoms with Crippen molar-refractivity contribution in [3.05, 3.63) is 65.7 Å². The lowest BCUT2D eigenvalue weighted by Gasteiger charge is -2.07. The van der Waals surface area contributed by atoms with Gasteiger partial charge in [0.15, 0.2) is 0 Å². The van der Waals surface area contributed by atoms with Crippen molar-refractivity contribution in [2.45, 2.75) is 6.42 Å². The molecule has 0 aliphatic carbocycles. The molecule has 0 atom stereocenters. The number of rotatable bonds is 4. The molecule has 0 saturated carbocycles. The van der Waals surface area contributed by atoms with Crippen LogP contribution < -0.4 is 4.74 Å². The van der Waals surface area contributed by atoms with Crippen LogP contribution in [0.5, 0.6) is 5.75 Å². The number of ether oxygens (including phenoxy) is 1. The minimum Gasteiger partial charge on any atom is -0.481 e. The molecular formula is C17H16O2. The van der Waals surface area contributed by atoms with Gasteiger partial charge in [0.2, 0.25) is 0 Å². The summed E-state index contributed by atoms with van der Waals surface area (Å²) < 4.78 is 5.63. The summed E-state index contributed by atoms with van der Waals surface area (Å²) in [4.78, 5) is 0. The van der Waals surface area contributed by atoms with Crippen LogP contribution in [0.1, 0.15) is 11.1 Å². The average molecular weight is 252 g/mol. The average Bonchev–Trinajstić information content (AvgIpc) is 2.47. The van der Waals surface area contributed by atoms with E-state index in [1.165, 1.54) is 0 Å². The Morgan fingerprint density at radius 1 is 0.947 bits per heavy atom. The van der Waals surface area contributed by atoms with E-state index < -0.39 is 0 Å². The fourth-order valence-corrected chi connectivity index (χ4v) is 1.75. The van der Waals surface area contributed by atoms with E-state index in [2.05, 4.69) is 11.8 Å². The summed E-state index contributed by atoms with van der Waals surface area (Å²) in [6.45, 7) is 0.466. The molecular weight excluding hydrogens is 236 g/mol. The van der Waals surface area contributed by atoms with E-state index in [-0.39, 0.29) is 6.61 Å². The second-order valence-electron chi connectivity index (χ2n) is 4.04. The van der Waals surface area contributed by atoms with Crippen molar-refractivity contribution < 1.29 is 9.84 Å². The molecule has 2 nitrogen and oxygen atoms in total. The second kappa shape index (κ2) is 7.25. The van der Waals surface area contributed by atoms with Crippen molar-refractivity contribution in [3.8, 4) is 17.6 Å². The maximum atomic E-state index is 8.98. The van der Waals surface area contributed by atoms with Gasteiger partial charge in [-0.15, -0.1) is 0 Å². The minimum absolute atomic E-state index is 0.121. The van der Waals surface area contributed by atoms with Crippen molar-refractivity contribution in [1.29, 1.82) is 0 Å². The zero-order chi connectivity index (χ0) is 13.3. The van der Waals surface area contributed by atoms with Gasteiger partial charge < -0.3 is 9.84 Å². The molecule has 0 fully saturated rings. The highest BCUT2D eigenvalue weighted by Gasteiger charge is 2.00. The quantitative estimate of drug-likeness (QED) is 0.848. The highest BCUT2D eigenvalue weighted by Crippen LogP contribution is 2.17. The van der Waals surface area contributed by atoms with Crippen LogP contribution >= 0.6 is 0 Å². The maximum Gasteiger partial charge on any atom is 0.149 e. The second-order valence-corrected chi connectivity index (χ2v) is 4.04. The van der Waals surface area contributed by atoms with Crippen LogP contribution in [0.3, 0.4) is 0 Å². The predicted octanol–water partition coefficient (Wildman–Crippen LogP) is 2.65. The van der Waals surface area contributed by atoms with Crippen LogP contribution in [0.25, 0.3) is 0 Å². The molecule has 2 aromatic rings. The van der Waals surface area contributed by atoms with Crippen LogP contribution in [-0.4, -0.2) is 18.3 Å². The monoisotopic (exact) mass is 252 g/mol. The number of benzene rings is 2. The summed E-state index contributed by atoms with van der Waals surface area (Å²) >= 11 is 0. The Morgan fingerprint density at radius 2 is 1.68 bits per heavy atom. The standard InChI is InChI=1S/C17H16O2/c18-13-12-16-10-4-5-11-17(16)19-14-6-9-15-7-2-1-3-8-15/h1-5,7-8,10-11,18H,12-14H2. The van der Waals surface area contributed by atoms with Crippen LogP contribution in [-0.2, 0) is 6.42 Å². The molecule has 0 amide bonds. The van der Waals surface area contributed by atoms with Gasteiger partial charge in [-0.25, -0.2) is 0 Å². The third kappa shape index (κ3) is 4.17. The van der Waals surface area contributed by atoms with Gasteiger partial charge in [-0.05, 0) is 30.2 Å². The molecule has 0 bridgehead atoms. The summed E-state index contributed by atoms with van der Waals surface area (Å²) in [6, 6.07) is 17.5. The van der Waals surface area contributed by atoms with Crippen molar-refractivity contribution in [3.63, 3.8) is 0 Å². The molecule has 2 heteroatoms. The minimum atomic E-state index is 0.121. The summed E-state index contributed by atoms with van der Waals surface area (Å²) in [7, 11) is 0. The van der Waals surface area contributed by atoms with E-state index in [1.54, 1.807) is 0 Å². The van der Waals surface area contributed by atoms with Crippen LogP contribution in [0.15, 0.2) is 54.6 Å². The zero-order valence-electron chi connectivity index (χ0n) is 10.7. The van der Waals surface area contributed by atoms with Gasteiger partial charge in [0.1, 0.15) is 12.4 Å². The number of aliphatic hydroxyl groups is 1. The molecule has 0 radical (unpaired) electrons. The molecule has 1 N–H and O–H groups in total. The molecule has 0 saturated heterocycles. The number of hydrogen-bond acceptors (Lipinski definition) is 2. The highest BCUT2D eigenvalue weighted by atomic mass is 16.5. The molecule has 19 heavy (non-hydrogen) atoms. The van der Waals surface area contributed by atoms with Crippen molar-refractivity contribution in [1.82, 2.24) is 0 Å². The lowest BCUT2D eigenvalue weighted by atomic mass is 10.1. The third-order valence-electron chi connectivity index (χ3n) is 2.66. The van der Waals surface area contributed by atoms with Crippen LogP contribution in [0.2, 0.25) is 0 Å². The molecule has 0 spiro atoms. The first-order valence-corrected chi connectivity index (χ1v) is 6.25. The Balaban J connectivity index is 1.95. The molecule has 0 aliphatic heterocycles. The lowest BCUT2D eigenvalue weighted by Crippen LogP contribution is -1.99. The number of aliphatic hydroxyl groups excluding tert-OH is 1. The molecule has 96 valence electrons. The van der Waals surface area contributed by atoms with Crippen molar-refractivity contribution >= 4 is 0 Å². The van der Waals surface area contributed by atoms with E-state index in [9.17, 15) is 0 Å². The molecule has 2 aromatic carbocycles. The van der Waals surface area contributed by atoms with Crippen molar-refractivity contribution in [2.75, 3.05) is 13.2 Å². The predicted molar refractivity (Wildman–Crippen MR) is 76.0 cm³/mol. The Labute approximate surface area is 113 Å². The summed E-state index contributed by atoms with van der Waals surface area (Å²) in [5, 5.41) is 8.98. The number of hydrogen-bond donors (Lipinski definition) is 1. The molecule has 0 heterocycles. The number of para-hydroxylation sites is 1. The van der Waals surface area contributed by atoms with Crippen molar-refractivity contribution in [2.24, 2.45) is 0 Å². The van der Waals surface area contributed by atoms with Gasteiger partial charge in [-0.1, -0.05) is 48.2 Å². The first-order chi connectivity index (χ1) is 9.40. The van der Waals surface area contributed by atoms with E-state index in [1.807, 2.05) is 54.6 Å². The third-order valence-corrected chi connectivity index (χ3v) is 2.66. The largest absolute Gasteiger partial charge is 0.481 e. The molecule has 0 aliphatic rings. The first-order valence-electron chi connectivity index (χ1n) is 6.25. The van der Waals surface area contributed by atoms with E-state index in [0.717, 1.165) is 16.9 Å². The fraction of sp³-hybridized carbons (Fsp3) is 0.176.